The van der Waals surface area contributed by atoms with E-state index in [2.05, 4.69) is 46.1 Å². The summed E-state index contributed by atoms with van der Waals surface area (Å²) in [6.07, 6.45) is 0. The van der Waals surface area contributed by atoms with Crippen molar-refractivity contribution in [2.24, 2.45) is 4.99 Å². The average molecular weight is 347 g/mol. The summed E-state index contributed by atoms with van der Waals surface area (Å²) in [6.45, 7) is 5.40. The van der Waals surface area contributed by atoms with Crippen LogP contribution in [0.4, 0.5) is 0 Å². The van der Waals surface area contributed by atoms with Crippen LogP contribution in [0.25, 0.3) is 0 Å². The number of nitrogens with zero attached hydrogens (tertiary/aromatic N) is 1. The van der Waals surface area contributed by atoms with E-state index in [1.807, 2.05) is 18.2 Å². The van der Waals surface area contributed by atoms with Gasteiger partial charge in [0.05, 0.1) is 19.7 Å². The molecule has 0 bridgehead atoms. The van der Waals surface area contributed by atoms with Gasteiger partial charge in [-0.1, -0.05) is 18.2 Å². The third-order valence-electron chi connectivity index (χ3n) is 3.23. The van der Waals surface area contributed by atoms with Crippen molar-refractivity contribution in [3.05, 3.63) is 52.2 Å². The van der Waals surface area contributed by atoms with Crippen LogP contribution in [0.2, 0.25) is 0 Å². The van der Waals surface area contributed by atoms with E-state index in [0.29, 0.717) is 19.8 Å². The molecule has 0 aliphatic rings. The first-order chi connectivity index (χ1) is 11.8. The van der Waals surface area contributed by atoms with Crippen molar-refractivity contribution in [2.75, 3.05) is 26.9 Å². The lowest BCUT2D eigenvalue weighted by molar-refractivity contribution is 0.146. The SMILES string of the molecule is CCNC(=NCc1cccc(OCCOC)c1)NCc1cccs1. The summed E-state index contributed by atoms with van der Waals surface area (Å²) in [6, 6.07) is 12.2. The molecule has 5 nitrogen and oxygen atoms in total. The van der Waals surface area contributed by atoms with Gasteiger partial charge in [0.2, 0.25) is 0 Å². The summed E-state index contributed by atoms with van der Waals surface area (Å²) in [5.74, 6) is 1.66. The number of thiophene rings is 1. The minimum atomic E-state index is 0.550. The molecule has 0 saturated carbocycles. The van der Waals surface area contributed by atoms with Crippen molar-refractivity contribution >= 4 is 17.3 Å². The number of guanidine groups is 1. The average Bonchev–Trinajstić information content (AvgIpc) is 3.11. The molecule has 0 radical (unpaired) electrons. The second-order valence-corrected chi connectivity index (χ2v) is 6.15. The zero-order valence-corrected chi connectivity index (χ0v) is 15.1. The molecule has 0 saturated heterocycles. The van der Waals surface area contributed by atoms with Gasteiger partial charge in [-0.25, -0.2) is 4.99 Å². The number of benzene rings is 1. The largest absolute Gasteiger partial charge is 0.491 e. The molecule has 6 heteroatoms. The molecule has 130 valence electrons. The second kappa shape index (κ2) is 10.7. The lowest BCUT2D eigenvalue weighted by atomic mass is 10.2. The van der Waals surface area contributed by atoms with Crippen molar-refractivity contribution < 1.29 is 9.47 Å². The third-order valence-corrected chi connectivity index (χ3v) is 4.11. The predicted molar refractivity (Wildman–Crippen MR) is 99.8 cm³/mol. The van der Waals surface area contributed by atoms with Crippen LogP contribution in [0, 0.1) is 0 Å². The van der Waals surface area contributed by atoms with Crippen LogP contribution in [0.1, 0.15) is 17.4 Å². The lowest BCUT2D eigenvalue weighted by Gasteiger charge is -2.11. The van der Waals surface area contributed by atoms with Crippen LogP contribution in [0.3, 0.4) is 0 Å². The van der Waals surface area contributed by atoms with Crippen LogP contribution >= 0.6 is 11.3 Å². The number of aliphatic imine (C=N–C) groups is 1. The molecular weight excluding hydrogens is 322 g/mol. The van der Waals surface area contributed by atoms with Crippen molar-refractivity contribution in [2.45, 2.75) is 20.0 Å². The van der Waals surface area contributed by atoms with E-state index >= 15 is 0 Å². The fourth-order valence-electron chi connectivity index (χ4n) is 2.07. The Morgan fingerprint density at radius 2 is 2.08 bits per heavy atom. The molecule has 1 aromatic carbocycles. The van der Waals surface area contributed by atoms with Gasteiger partial charge in [0, 0.05) is 18.5 Å². The first kappa shape index (κ1) is 18.3. The first-order valence-electron chi connectivity index (χ1n) is 8.07. The Balaban J connectivity index is 1.90. The van der Waals surface area contributed by atoms with Crippen LogP contribution in [0.15, 0.2) is 46.8 Å². The Hall–Kier alpha value is -2.05. The van der Waals surface area contributed by atoms with E-state index in [1.54, 1.807) is 18.4 Å². The number of methoxy groups -OCH3 is 1. The Morgan fingerprint density at radius 3 is 2.83 bits per heavy atom. The van der Waals surface area contributed by atoms with E-state index in [-0.39, 0.29) is 0 Å². The molecule has 0 amide bonds. The lowest BCUT2D eigenvalue weighted by Crippen LogP contribution is -2.36. The van der Waals surface area contributed by atoms with Gasteiger partial charge in [0.1, 0.15) is 12.4 Å². The molecule has 1 aromatic heterocycles. The van der Waals surface area contributed by atoms with Crippen molar-refractivity contribution in [1.82, 2.24) is 10.6 Å². The maximum absolute atomic E-state index is 5.63. The van der Waals surface area contributed by atoms with Gasteiger partial charge in [-0.2, -0.15) is 0 Å². The Kier molecular flexibility index (Phi) is 8.13. The quantitative estimate of drug-likeness (QED) is 0.416. The summed E-state index contributed by atoms with van der Waals surface area (Å²) < 4.78 is 10.6. The molecule has 24 heavy (non-hydrogen) atoms. The number of rotatable bonds is 9. The fourth-order valence-corrected chi connectivity index (χ4v) is 2.72. The molecule has 0 aliphatic carbocycles. The summed E-state index contributed by atoms with van der Waals surface area (Å²) in [7, 11) is 1.67. The van der Waals surface area contributed by atoms with E-state index < -0.39 is 0 Å². The summed E-state index contributed by atoms with van der Waals surface area (Å²) in [5, 5.41) is 8.70. The van der Waals surface area contributed by atoms with Crippen molar-refractivity contribution in [1.29, 1.82) is 0 Å². The van der Waals surface area contributed by atoms with Crippen LogP contribution in [0.5, 0.6) is 5.75 Å². The van der Waals surface area contributed by atoms with Crippen LogP contribution in [-0.4, -0.2) is 32.8 Å². The summed E-state index contributed by atoms with van der Waals surface area (Å²) in [5.41, 5.74) is 1.11. The molecule has 0 fully saturated rings. The Morgan fingerprint density at radius 1 is 1.17 bits per heavy atom. The number of ether oxygens (including phenoxy) is 2. The zero-order valence-electron chi connectivity index (χ0n) is 14.2. The van der Waals surface area contributed by atoms with Gasteiger partial charge in [0.15, 0.2) is 5.96 Å². The predicted octanol–water partition coefficient (Wildman–Crippen LogP) is 3.03. The summed E-state index contributed by atoms with van der Waals surface area (Å²) >= 11 is 1.74. The monoisotopic (exact) mass is 347 g/mol. The standard InChI is InChI=1S/C18H25N3O2S/c1-3-19-18(21-14-17-8-5-11-24-17)20-13-15-6-4-7-16(12-15)23-10-9-22-2/h4-8,11-12H,3,9-10,13-14H2,1-2H3,(H2,19,20,21). The zero-order chi connectivity index (χ0) is 17.0. The number of hydrogen-bond acceptors (Lipinski definition) is 4. The molecule has 0 atom stereocenters. The second-order valence-electron chi connectivity index (χ2n) is 5.12. The molecule has 0 aliphatic heterocycles. The normalized spacial score (nSPS) is 11.3. The Labute approximate surface area is 147 Å². The van der Waals surface area contributed by atoms with Gasteiger partial charge >= 0.3 is 0 Å². The molecule has 1 heterocycles. The first-order valence-corrected chi connectivity index (χ1v) is 8.95. The van der Waals surface area contributed by atoms with Crippen LogP contribution in [-0.2, 0) is 17.8 Å². The van der Waals surface area contributed by atoms with Gasteiger partial charge in [-0.15, -0.1) is 11.3 Å². The topological polar surface area (TPSA) is 54.9 Å². The fraction of sp³-hybridized carbons (Fsp3) is 0.389. The van der Waals surface area contributed by atoms with Gasteiger partial charge in [-0.3, -0.25) is 0 Å². The Bertz CT molecular complexity index is 614. The smallest absolute Gasteiger partial charge is 0.191 e. The van der Waals surface area contributed by atoms with Gasteiger partial charge in [0.25, 0.3) is 0 Å². The van der Waals surface area contributed by atoms with Crippen LogP contribution < -0.4 is 15.4 Å². The highest BCUT2D eigenvalue weighted by Gasteiger charge is 2.01. The minimum Gasteiger partial charge on any atom is -0.491 e. The van der Waals surface area contributed by atoms with Crippen molar-refractivity contribution in [3.8, 4) is 5.75 Å². The molecule has 0 unspecified atom stereocenters. The van der Waals surface area contributed by atoms with Crippen molar-refractivity contribution in [3.63, 3.8) is 0 Å². The summed E-state index contributed by atoms with van der Waals surface area (Å²) in [4.78, 5) is 5.93. The highest BCUT2D eigenvalue weighted by molar-refractivity contribution is 7.09. The van der Waals surface area contributed by atoms with E-state index in [4.69, 9.17) is 9.47 Å². The van der Waals surface area contributed by atoms with Gasteiger partial charge in [-0.05, 0) is 36.1 Å². The molecular formula is C18H25N3O2S. The van der Waals surface area contributed by atoms with E-state index in [1.165, 1.54) is 4.88 Å². The number of nitrogens with one attached hydrogen (secondary N) is 2. The molecule has 2 rings (SSSR count). The maximum atomic E-state index is 5.63. The maximum Gasteiger partial charge on any atom is 0.191 e. The van der Waals surface area contributed by atoms with E-state index in [0.717, 1.165) is 30.4 Å². The number of hydrogen-bond donors (Lipinski definition) is 2. The molecule has 0 spiro atoms. The van der Waals surface area contributed by atoms with Gasteiger partial charge < -0.3 is 20.1 Å². The molecule has 2 N–H and O–H groups in total. The highest BCUT2D eigenvalue weighted by atomic mass is 32.1. The minimum absolute atomic E-state index is 0.550. The molecule has 2 aromatic rings. The third kappa shape index (κ3) is 6.60. The highest BCUT2D eigenvalue weighted by Crippen LogP contribution is 2.14. The van der Waals surface area contributed by atoms with E-state index in [9.17, 15) is 0 Å².